The van der Waals surface area contributed by atoms with Crippen LogP contribution in [-0.2, 0) is 4.79 Å². The smallest absolute Gasteiger partial charge is 0.225 e. The van der Waals surface area contributed by atoms with Gasteiger partial charge in [0.2, 0.25) is 11.7 Å². The van der Waals surface area contributed by atoms with Gasteiger partial charge in [0.25, 0.3) is 0 Å². The zero-order valence-electron chi connectivity index (χ0n) is 17.5. The van der Waals surface area contributed by atoms with Crippen molar-refractivity contribution < 1.29 is 28.5 Å². The third-order valence-corrected chi connectivity index (χ3v) is 4.84. The maximum Gasteiger partial charge on any atom is 0.225 e. The Hall–Kier alpha value is -3.09. The molecule has 3 rings (SSSR count). The van der Waals surface area contributed by atoms with Crippen LogP contribution in [0.5, 0.6) is 28.7 Å². The van der Waals surface area contributed by atoms with Gasteiger partial charge >= 0.3 is 0 Å². The summed E-state index contributed by atoms with van der Waals surface area (Å²) in [6.45, 7) is 4.85. The predicted octanol–water partition coefficient (Wildman–Crippen LogP) is 3.98. The molecule has 1 N–H and O–H groups in total. The summed E-state index contributed by atoms with van der Waals surface area (Å²) in [4.78, 5) is 12.5. The zero-order valence-corrected chi connectivity index (χ0v) is 17.5. The summed E-state index contributed by atoms with van der Waals surface area (Å²) in [5, 5.41) is 2.95. The number of benzene rings is 2. The number of fused-ring (bicyclic) bond motifs is 1. The standard InChI is InChI=1S/C22H27NO6/c1-6-28-17-10-15-14(11-21(24)23-16(15)12-18(17)29-7-2)13-8-19(25-3)22(27-5)20(9-13)26-4/h8-10,12,14H,6-7,11H2,1-5H3,(H,23,24)/t14-/m0/s1. The molecule has 0 saturated heterocycles. The Morgan fingerprint density at radius 2 is 1.45 bits per heavy atom. The largest absolute Gasteiger partial charge is 0.493 e. The highest BCUT2D eigenvalue weighted by Gasteiger charge is 2.30. The van der Waals surface area contributed by atoms with Crippen LogP contribution in [0, 0.1) is 0 Å². The number of rotatable bonds is 8. The van der Waals surface area contributed by atoms with Crippen molar-refractivity contribution >= 4 is 11.6 Å². The minimum Gasteiger partial charge on any atom is -0.493 e. The first-order valence-electron chi connectivity index (χ1n) is 9.59. The van der Waals surface area contributed by atoms with Crippen molar-refractivity contribution in [2.75, 3.05) is 39.9 Å². The number of amides is 1. The zero-order chi connectivity index (χ0) is 21.0. The molecule has 0 spiro atoms. The van der Waals surface area contributed by atoms with E-state index in [1.54, 1.807) is 21.3 Å². The molecule has 0 radical (unpaired) electrons. The lowest BCUT2D eigenvalue weighted by atomic mass is 9.84. The summed E-state index contributed by atoms with van der Waals surface area (Å²) in [7, 11) is 4.71. The molecule has 1 amide bonds. The lowest BCUT2D eigenvalue weighted by molar-refractivity contribution is -0.116. The summed E-state index contributed by atoms with van der Waals surface area (Å²) >= 11 is 0. The summed E-state index contributed by atoms with van der Waals surface area (Å²) in [6.07, 6.45) is 0.297. The van der Waals surface area contributed by atoms with Crippen LogP contribution < -0.4 is 29.0 Å². The van der Waals surface area contributed by atoms with Crippen LogP contribution >= 0.6 is 0 Å². The lowest BCUT2D eigenvalue weighted by Crippen LogP contribution is -2.24. The van der Waals surface area contributed by atoms with Crippen LogP contribution in [0.25, 0.3) is 0 Å². The Kier molecular flexibility index (Phi) is 6.36. The number of carbonyl (C=O) groups is 1. The van der Waals surface area contributed by atoms with E-state index in [9.17, 15) is 4.79 Å². The Bertz CT molecular complexity index is 870. The van der Waals surface area contributed by atoms with E-state index >= 15 is 0 Å². The molecule has 1 heterocycles. The van der Waals surface area contributed by atoms with Gasteiger partial charge in [-0.1, -0.05) is 0 Å². The highest BCUT2D eigenvalue weighted by Crippen LogP contribution is 2.47. The fourth-order valence-electron chi connectivity index (χ4n) is 3.61. The van der Waals surface area contributed by atoms with Crippen LogP contribution in [0.15, 0.2) is 24.3 Å². The molecule has 1 aliphatic rings. The highest BCUT2D eigenvalue weighted by atomic mass is 16.5. The molecule has 2 aromatic rings. The fourth-order valence-corrected chi connectivity index (χ4v) is 3.61. The number of anilines is 1. The molecule has 156 valence electrons. The molecule has 1 atom stereocenters. The van der Waals surface area contributed by atoms with Crippen molar-refractivity contribution in [1.82, 2.24) is 0 Å². The number of nitrogens with one attached hydrogen (secondary N) is 1. The second-order valence-electron chi connectivity index (χ2n) is 6.52. The van der Waals surface area contributed by atoms with Crippen molar-refractivity contribution in [3.63, 3.8) is 0 Å². The van der Waals surface area contributed by atoms with Crippen LogP contribution in [-0.4, -0.2) is 40.5 Å². The molecule has 0 aliphatic carbocycles. The van der Waals surface area contributed by atoms with Crippen molar-refractivity contribution in [3.05, 3.63) is 35.4 Å². The van der Waals surface area contributed by atoms with Crippen molar-refractivity contribution in [2.24, 2.45) is 0 Å². The van der Waals surface area contributed by atoms with E-state index in [-0.39, 0.29) is 11.8 Å². The number of carbonyl (C=O) groups excluding carboxylic acids is 1. The molecule has 7 heteroatoms. The summed E-state index contributed by atoms with van der Waals surface area (Å²) in [5.74, 6) is 2.61. The van der Waals surface area contributed by atoms with Gasteiger partial charge in [-0.25, -0.2) is 0 Å². The van der Waals surface area contributed by atoms with Crippen LogP contribution in [0.1, 0.15) is 37.3 Å². The average Bonchev–Trinajstić information content (AvgIpc) is 2.73. The topological polar surface area (TPSA) is 75.2 Å². The second-order valence-corrected chi connectivity index (χ2v) is 6.52. The third-order valence-electron chi connectivity index (χ3n) is 4.84. The van der Waals surface area contributed by atoms with Gasteiger partial charge in [0.05, 0.1) is 34.5 Å². The monoisotopic (exact) mass is 401 g/mol. The van der Waals surface area contributed by atoms with Gasteiger partial charge in [-0.05, 0) is 43.2 Å². The van der Waals surface area contributed by atoms with Gasteiger partial charge in [-0.2, -0.15) is 0 Å². The quantitative estimate of drug-likeness (QED) is 0.721. The molecule has 0 fully saturated rings. The van der Waals surface area contributed by atoms with Crippen LogP contribution in [0.3, 0.4) is 0 Å². The van der Waals surface area contributed by atoms with E-state index in [2.05, 4.69) is 5.32 Å². The maximum absolute atomic E-state index is 12.5. The van der Waals surface area contributed by atoms with Gasteiger partial charge in [0, 0.05) is 24.1 Å². The minimum atomic E-state index is -0.192. The van der Waals surface area contributed by atoms with E-state index in [0.29, 0.717) is 54.1 Å². The van der Waals surface area contributed by atoms with Gasteiger partial charge in [-0.15, -0.1) is 0 Å². The van der Waals surface area contributed by atoms with Crippen molar-refractivity contribution in [2.45, 2.75) is 26.2 Å². The second kappa shape index (κ2) is 8.94. The molecule has 0 bridgehead atoms. The molecule has 2 aromatic carbocycles. The molecule has 1 aliphatic heterocycles. The SMILES string of the molecule is CCOc1cc2c(cc1OCC)[C@H](c1cc(OC)c(OC)c(OC)c1)CC(=O)N2. The molecule has 0 aromatic heterocycles. The first-order valence-corrected chi connectivity index (χ1v) is 9.59. The first-order chi connectivity index (χ1) is 14.1. The molecular weight excluding hydrogens is 374 g/mol. The van der Waals surface area contributed by atoms with Gasteiger partial charge in [0.1, 0.15) is 0 Å². The molecular formula is C22H27NO6. The number of ether oxygens (including phenoxy) is 5. The Labute approximate surface area is 170 Å². The molecule has 29 heavy (non-hydrogen) atoms. The first kappa shape index (κ1) is 20.6. The Morgan fingerprint density at radius 3 is 1.97 bits per heavy atom. The van der Waals surface area contributed by atoms with Gasteiger partial charge < -0.3 is 29.0 Å². The van der Waals surface area contributed by atoms with Crippen LogP contribution in [0.4, 0.5) is 5.69 Å². The Balaban J connectivity index is 2.15. The number of methoxy groups -OCH3 is 3. The van der Waals surface area contributed by atoms with E-state index in [1.165, 1.54) is 0 Å². The maximum atomic E-state index is 12.5. The van der Waals surface area contributed by atoms with Crippen molar-refractivity contribution in [3.8, 4) is 28.7 Å². The van der Waals surface area contributed by atoms with Gasteiger partial charge in [0.15, 0.2) is 23.0 Å². The van der Waals surface area contributed by atoms with E-state index in [0.717, 1.165) is 11.1 Å². The highest BCUT2D eigenvalue weighted by molar-refractivity contribution is 5.96. The normalized spacial score (nSPS) is 15.2. The predicted molar refractivity (Wildman–Crippen MR) is 110 cm³/mol. The van der Waals surface area contributed by atoms with E-state index in [1.807, 2.05) is 38.1 Å². The Morgan fingerprint density at radius 1 is 0.862 bits per heavy atom. The van der Waals surface area contributed by atoms with Crippen LogP contribution in [0.2, 0.25) is 0 Å². The van der Waals surface area contributed by atoms with E-state index in [4.69, 9.17) is 23.7 Å². The minimum absolute atomic E-state index is 0.0668. The average molecular weight is 401 g/mol. The number of hydrogen-bond donors (Lipinski definition) is 1. The number of hydrogen-bond acceptors (Lipinski definition) is 6. The summed E-state index contributed by atoms with van der Waals surface area (Å²) in [5.41, 5.74) is 2.56. The van der Waals surface area contributed by atoms with Crippen molar-refractivity contribution in [1.29, 1.82) is 0 Å². The lowest BCUT2D eigenvalue weighted by Gasteiger charge is -2.28. The summed E-state index contributed by atoms with van der Waals surface area (Å²) < 4.78 is 27.9. The van der Waals surface area contributed by atoms with Gasteiger partial charge in [-0.3, -0.25) is 4.79 Å². The third kappa shape index (κ3) is 4.04. The molecule has 7 nitrogen and oxygen atoms in total. The molecule has 0 unspecified atom stereocenters. The molecule has 0 saturated carbocycles. The fraction of sp³-hybridized carbons (Fsp3) is 0.409. The van der Waals surface area contributed by atoms with E-state index < -0.39 is 0 Å². The summed E-state index contributed by atoms with van der Waals surface area (Å²) in [6, 6.07) is 7.53.